The number of methoxy groups -OCH3 is 1. The van der Waals surface area contributed by atoms with E-state index in [1.54, 1.807) is 7.11 Å². The number of hydrogen-bond donors (Lipinski definition) is 2. The molecule has 0 heterocycles. The van der Waals surface area contributed by atoms with E-state index < -0.39 is 0 Å². The fourth-order valence-electron chi connectivity index (χ4n) is 1.00. The van der Waals surface area contributed by atoms with Crippen molar-refractivity contribution >= 4 is 17.3 Å². The summed E-state index contributed by atoms with van der Waals surface area (Å²) in [5, 5.41) is 6.98. The highest BCUT2D eigenvalue weighted by atomic mass is 32.1. The first kappa shape index (κ1) is 12.7. The molecule has 0 aliphatic carbocycles. The Labute approximate surface area is 86.2 Å². The Balaban J connectivity index is 3.89. The standard InChI is InChI=1S/C9H20N2OS/c1-7(2)10-8(13)11-9(3,4)6-12-5/h7H,6H2,1-5H3,(H2,10,11,13). The van der Waals surface area contributed by atoms with Crippen LogP contribution in [0.1, 0.15) is 27.7 Å². The summed E-state index contributed by atoms with van der Waals surface area (Å²) < 4.78 is 5.06. The highest BCUT2D eigenvalue weighted by molar-refractivity contribution is 7.80. The summed E-state index contributed by atoms with van der Waals surface area (Å²) >= 11 is 5.11. The molecule has 0 fully saturated rings. The number of hydrogen-bond acceptors (Lipinski definition) is 2. The van der Waals surface area contributed by atoms with Gasteiger partial charge in [-0.1, -0.05) is 0 Å². The van der Waals surface area contributed by atoms with Crippen LogP contribution in [0.3, 0.4) is 0 Å². The number of thiocarbonyl (C=S) groups is 1. The van der Waals surface area contributed by atoms with Crippen LogP contribution in [0.4, 0.5) is 0 Å². The third-order valence-corrected chi connectivity index (χ3v) is 1.60. The molecule has 0 atom stereocenters. The van der Waals surface area contributed by atoms with Crippen molar-refractivity contribution in [2.24, 2.45) is 0 Å². The lowest BCUT2D eigenvalue weighted by atomic mass is 10.1. The molecule has 4 heteroatoms. The Bertz CT molecular complexity index is 169. The van der Waals surface area contributed by atoms with Gasteiger partial charge in [-0.05, 0) is 39.9 Å². The molecule has 0 unspecified atom stereocenters. The largest absolute Gasteiger partial charge is 0.382 e. The maximum atomic E-state index is 5.11. The van der Waals surface area contributed by atoms with Gasteiger partial charge in [0.05, 0.1) is 12.1 Å². The van der Waals surface area contributed by atoms with Crippen LogP contribution in [0.25, 0.3) is 0 Å². The number of ether oxygens (including phenoxy) is 1. The van der Waals surface area contributed by atoms with E-state index in [9.17, 15) is 0 Å². The fourth-order valence-corrected chi connectivity index (χ4v) is 1.51. The molecule has 0 spiro atoms. The van der Waals surface area contributed by atoms with E-state index in [0.29, 0.717) is 17.8 Å². The van der Waals surface area contributed by atoms with Gasteiger partial charge in [0.2, 0.25) is 0 Å². The molecule has 0 rings (SSSR count). The van der Waals surface area contributed by atoms with Gasteiger partial charge in [-0.25, -0.2) is 0 Å². The molecule has 0 bridgehead atoms. The Morgan fingerprint density at radius 2 is 2.00 bits per heavy atom. The second-order valence-corrected chi connectivity index (χ2v) is 4.48. The maximum absolute atomic E-state index is 5.11. The monoisotopic (exact) mass is 204 g/mol. The topological polar surface area (TPSA) is 33.3 Å². The van der Waals surface area contributed by atoms with Crippen LogP contribution < -0.4 is 10.6 Å². The van der Waals surface area contributed by atoms with E-state index in [2.05, 4.69) is 24.5 Å². The third-order valence-electron chi connectivity index (χ3n) is 1.38. The Morgan fingerprint density at radius 1 is 1.46 bits per heavy atom. The SMILES string of the molecule is COCC(C)(C)NC(=S)NC(C)C. The molecular formula is C9H20N2OS. The van der Waals surface area contributed by atoms with Crippen molar-refractivity contribution in [2.75, 3.05) is 13.7 Å². The number of rotatable bonds is 4. The van der Waals surface area contributed by atoms with Gasteiger partial charge in [-0.2, -0.15) is 0 Å². The highest BCUT2D eigenvalue weighted by Crippen LogP contribution is 2.01. The van der Waals surface area contributed by atoms with E-state index >= 15 is 0 Å². The average Bonchev–Trinajstić information content (AvgIpc) is 1.81. The first-order valence-electron chi connectivity index (χ1n) is 4.45. The molecule has 0 aliphatic rings. The second-order valence-electron chi connectivity index (χ2n) is 4.07. The lowest BCUT2D eigenvalue weighted by Crippen LogP contribution is -2.52. The molecule has 0 amide bonds. The molecule has 3 nitrogen and oxygen atoms in total. The van der Waals surface area contributed by atoms with Crippen LogP contribution in [0.15, 0.2) is 0 Å². The van der Waals surface area contributed by atoms with Gasteiger partial charge >= 0.3 is 0 Å². The van der Waals surface area contributed by atoms with Crippen LogP contribution in [0, 0.1) is 0 Å². The maximum Gasteiger partial charge on any atom is 0.166 e. The zero-order chi connectivity index (χ0) is 10.5. The van der Waals surface area contributed by atoms with Gasteiger partial charge in [0.25, 0.3) is 0 Å². The van der Waals surface area contributed by atoms with Crippen molar-refractivity contribution in [2.45, 2.75) is 39.3 Å². The van der Waals surface area contributed by atoms with Gasteiger partial charge < -0.3 is 15.4 Å². The summed E-state index contributed by atoms with van der Waals surface area (Å²) in [4.78, 5) is 0. The highest BCUT2D eigenvalue weighted by Gasteiger charge is 2.18. The predicted octanol–water partition coefficient (Wildman–Crippen LogP) is 1.28. The predicted molar refractivity (Wildman–Crippen MR) is 60.0 cm³/mol. The summed E-state index contributed by atoms with van der Waals surface area (Å²) in [7, 11) is 1.68. The van der Waals surface area contributed by atoms with Crippen molar-refractivity contribution < 1.29 is 4.74 Å². The summed E-state index contributed by atoms with van der Waals surface area (Å²) in [6.45, 7) is 8.83. The molecule has 0 radical (unpaired) electrons. The van der Waals surface area contributed by atoms with Crippen LogP contribution in [0.5, 0.6) is 0 Å². The first-order chi connectivity index (χ1) is 5.87. The van der Waals surface area contributed by atoms with Gasteiger partial charge in [0, 0.05) is 13.2 Å². The van der Waals surface area contributed by atoms with Crippen LogP contribution >= 0.6 is 12.2 Å². The molecule has 0 aromatic carbocycles. The van der Waals surface area contributed by atoms with Gasteiger partial charge in [0.1, 0.15) is 0 Å². The summed E-state index contributed by atoms with van der Waals surface area (Å²) in [6, 6.07) is 0.360. The molecular weight excluding hydrogens is 184 g/mol. The molecule has 0 saturated heterocycles. The summed E-state index contributed by atoms with van der Waals surface area (Å²) in [6.07, 6.45) is 0. The first-order valence-corrected chi connectivity index (χ1v) is 4.86. The molecule has 78 valence electrons. The van der Waals surface area contributed by atoms with Crippen LogP contribution in [-0.2, 0) is 4.74 Å². The van der Waals surface area contributed by atoms with Crippen molar-refractivity contribution in [3.05, 3.63) is 0 Å². The Morgan fingerprint density at radius 3 is 2.38 bits per heavy atom. The summed E-state index contributed by atoms with van der Waals surface area (Å²) in [5.74, 6) is 0. The second kappa shape index (κ2) is 5.40. The molecule has 0 saturated carbocycles. The van der Waals surface area contributed by atoms with E-state index in [-0.39, 0.29) is 5.54 Å². The fraction of sp³-hybridized carbons (Fsp3) is 0.889. The lowest BCUT2D eigenvalue weighted by Gasteiger charge is -2.27. The molecule has 2 N–H and O–H groups in total. The number of nitrogens with one attached hydrogen (secondary N) is 2. The summed E-state index contributed by atoms with van der Waals surface area (Å²) in [5.41, 5.74) is -0.117. The smallest absolute Gasteiger partial charge is 0.166 e. The molecule has 0 aromatic heterocycles. The minimum atomic E-state index is -0.117. The van der Waals surface area contributed by atoms with Crippen molar-refractivity contribution in [1.82, 2.24) is 10.6 Å². The van der Waals surface area contributed by atoms with Gasteiger partial charge in [-0.15, -0.1) is 0 Å². The van der Waals surface area contributed by atoms with E-state index in [1.807, 2.05) is 13.8 Å². The minimum Gasteiger partial charge on any atom is -0.382 e. The molecule has 0 aliphatic heterocycles. The normalized spacial score (nSPS) is 11.5. The van der Waals surface area contributed by atoms with Gasteiger partial charge in [-0.3, -0.25) is 0 Å². The van der Waals surface area contributed by atoms with Crippen LogP contribution in [0.2, 0.25) is 0 Å². The molecule has 0 aromatic rings. The third kappa shape index (κ3) is 6.78. The van der Waals surface area contributed by atoms with Crippen LogP contribution in [-0.4, -0.2) is 30.4 Å². The zero-order valence-electron chi connectivity index (χ0n) is 9.10. The average molecular weight is 204 g/mol. The van der Waals surface area contributed by atoms with Crippen molar-refractivity contribution in [3.63, 3.8) is 0 Å². The Kier molecular flexibility index (Phi) is 5.25. The van der Waals surface area contributed by atoms with Crippen molar-refractivity contribution in [1.29, 1.82) is 0 Å². The lowest BCUT2D eigenvalue weighted by molar-refractivity contribution is 0.139. The van der Waals surface area contributed by atoms with Gasteiger partial charge in [0.15, 0.2) is 5.11 Å². The zero-order valence-corrected chi connectivity index (χ0v) is 9.92. The Hall–Kier alpha value is -0.350. The molecule has 13 heavy (non-hydrogen) atoms. The van der Waals surface area contributed by atoms with E-state index in [0.717, 1.165) is 0 Å². The van der Waals surface area contributed by atoms with E-state index in [1.165, 1.54) is 0 Å². The quantitative estimate of drug-likeness (QED) is 0.676. The van der Waals surface area contributed by atoms with Crippen molar-refractivity contribution in [3.8, 4) is 0 Å². The minimum absolute atomic E-state index is 0.117. The van der Waals surface area contributed by atoms with E-state index in [4.69, 9.17) is 17.0 Å².